The van der Waals surface area contributed by atoms with E-state index < -0.39 is 10.8 Å². The maximum Gasteiger partial charge on any atom is 0.269 e. The van der Waals surface area contributed by atoms with Crippen molar-refractivity contribution in [2.24, 2.45) is 0 Å². The molecule has 9 nitrogen and oxygen atoms in total. The van der Waals surface area contributed by atoms with E-state index in [4.69, 9.17) is 0 Å². The Kier molecular flexibility index (Phi) is 4.44. The molecule has 9 heteroatoms. The lowest BCUT2D eigenvalue weighted by Gasteiger charge is -2.06. The van der Waals surface area contributed by atoms with Crippen LogP contribution in [-0.4, -0.2) is 30.6 Å². The first-order valence-electron chi connectivity index (χ1n) is 7.78. The fraction of sp³-hybridized carbons (Fsp3) is 0.176. The van der Waals surface area contributed by atoms with Crippen LogP contribution in [-0.2, 0) is 0 Å². The topological polar surface area (TPSA) is 116 Å². The molecular formula is C17H16N6O3. The van der Waals surface area contributed by atoms with E-state index in [1.165, 1.54) is 36.7 Å². The van der Waals surface area contributed by atoms with Gasteiger partial charge in [0, 0.05) is 23.4 Å². The fourth-order valence-corrected chi connectivity index (χ4v) is 2.35. The molecule has 0 aliphatic rings. The first-order valence-corrected chi connectivity index (χ1v) is 7.78. The van der Waals surface area contributed by atoms with Crippen LogP contribution in [0.2, 0.25) is 0 Å². The zero-order valence-electron chi connectivity index (χ0n) is 14.4. The van der Waals surface area contributed by atoms with Crippen molar-refractivity contribution in [2.75, 3.05) is 5.32 Å². The predicted octanol–water partition coefficient (Wildman–Crippen LogP) is 2.75. The molecule has 0 aliphatic carbocycles. The number of benzene rings is 1. The molecule has 0 atom stereocenters. The predicted molar refractivity (Wildman–Crippen MR) is 94.4 cm³/mol. The zero-order chi connectivity index (χ0) is 18.8. The van der Waals surface area contributed by atoms with Gasteiger partial charge in [-0.15, -0.1) is 0 Å². The summed E-state index contributed by atoms with van der Waals surface area (Å²) in [6.45, 7) is 5.83. The molecule has 0 aliphatic heterocycles. The standard InChI is InChI=1S/C17H16N6O3/c1-10-11(2)21-22(12(10)3)17-18-8-14(9-19-17)20-16(24)13-4-6-15(7-5-13)23(25)26/h4-9H,1-3H3,(H,20,24). The Labute approximate surface area is 148 Å². The molecule has 0 radical (unpaired) electrons. The van der Waals surface area contributed by atoms with Gasteiger partial charge in [0.15, 0.2) is 0 Å². The van der Waals surface area contributed by atoms with Gasteiger partial charge >= 0.3 is 0 Å². The van der Waals surface area contributed by atoms with Crippen molar-refractivity contribution in [2.45, 2.75) is 20.8 Å². The number of carbonyl (C=O) groups is 1. The summed E-state index contributed by atoms with van der Waals surface area (Å²) in [4.78, 5) is 30.8. The van der Waals surface area contributed by atoms with Crippen LogP contribution >= 0.6 is 0 Å². The second kappa shape index (κ2) is 6.71. The Morgan fingerprint density at radius 2 is 1.73 bits per heavy atom. The molecule has 0 unspecified atom stereocenters. The molecular weight excluding hydrogens is 336 g/mol. The number of aryl methyl sites for hydroxylation is 1. The largest absolute Gasteiger partial charge is 0.319 e. The summed E-state index contributed by atoms with van der Waals surface area (Å²) in [7, 11) is 0. The number of aromatic nitrogens is 4. The van der Waals surface area contributed by atoms with Gasteiger partial charge in [-0.1, -0.05) is 0 Å². The third kappa shape index (κ3) is 3.27. The van der Waals surface area contributed by atoms with Gasteiger partial charge in [-0.05, 0) is 38.5 Å². The molecule has 3 rings (SSSR count). The second-order valence-electron chi connectivity index (χ2n) is 5.74. The summed E-state index contributed by atoms with van der Waals surface area (Å²) in [5.41, 5.74) is 3.56. The highest BCUT2D eigenvalue weighted by molar-refractivity contribution is 6.04. The number of nitrogens with zero attached hydrogens (tertiary/aromatic N) is 5. The van der Waals surface area contributed by atoms with E-state index in [1.807, 2.05) is 20.8 Å². The van der Waals surface area contributed by atoms with Crippen LogP contribution in [0, 0.1) is 30.9 Å². The van der Waals surface area contributed by atoms with Crippen LogP contribution in [0.5, 0.6) is 0 Å². The normalized spacial score (nSPS) is 10.6. The number of anilines is 1. The number of carbonyl (C=O) groups excluding carboxylic acids is 1. The maximum absolute atomic E-state index is 12.2. The minimum atomic E-state index is -0.519. The maximum atomic E-state index is 12.2. The van der Waals surface area contributed by atoms with Crippen molar-refractivity contribution >= 4 is 17.3 Å². The van der Waals surface area contributed by atoms with E-state index in [0.717, 1.165) is 17.0 Å². The molecule has 0 saturated carbocycles. The highest BCUT2D eigenvalue weighted by atomic mass is 16.6. The van der Waals surface area contributed by atoms with E-state index in [2.05, 4.69) is 20.4 Å². The first-order chi connectivity index (χ1) is 12.4. The Morgan fingerprint density at radius 3 is 2.23 bits per heavy atom. The van der Waals surface area contributed by atoms with Crippen molar-refractivity contribution in [3.63, 3.8) is 0 Å². The molecule has 1 aromatic carbocycles. The summed E-state index contributed by atoms with van der Waals surface area (Å²) in [5, 5.41) is 17.7. The monoisotopic (exact) mass is 352 g/mol. The van der Waals surface area contributed by atoms with Crippen LogP contribution in [0.4, 0.5) is 11.4 Å². The van der Waals surface area contributed by atoms with Gasteiger partial charge in [-0.25, -0.2) is 14.6 Å². The highest BCUT2D eigenvalue weighted by Gasteiger charge is 2.13. The number of nitro benzene ring substituents is 1. The molecule has 0 spiro atoms. The lowest BCUT2D eigenvalue weighted by atomic mass is 10.2. The van der Waals surface area contributed by atoms with Gasteiger partial charge in [0.25, 0.3) is 17.5 Å². The fourth-order valence-electron chi connectivity index (χ4n) is 2.35. The van der Waals surface area contributed by atoms with Crippen LogP contribution in [0.15, 0.2) is 36.7 Å². The average molecular weight is 352 g/mol. The summed E-state index contributed by atoms with van der Waals surface area (Å²) < 4.78 is 1.65. The number of non-ortho nitro benzene ring substituents is 1. The number of nitro groups is 1. The molecule has 0 saturated heterocycles. The Hall–Kier alpha value is -3.62. The first kappa shape index (κ1) is 17.2. The highest BCUT2D eigenvalue weighted by Crippen LogP contribution is 2.16. The molecule has 0 fully saturated rings. The number of hydrogen-bond donors (Lipinski definition) is 1. The van der Waals surface area contributed by atoms with E-state index in [9.17, 15) is 14.9 Å². The van der Waals surface area contributed by atoms with Gasteiger partial charge in [0.1, 0.15) is 0 Å². The molecule has 0 bridgehead atoms. The zero-order valence-corrected chi connectivity index (χ0v) is 14.4. The van der Waals surface area contributed by atoms with E-state index in [-0.39, 0.29) is 5.69 Å². The van der Waals surface area contributed by atoms with Crippen molar-refractivity contribution in [1.82, 2.24) is 19.7 Å². The molecule has 2 heterocycles. The van der Waals surface area contributed by atoms with E-state index in [1.54, 1.807) is 4.68 Å². The van der Waals surface area contributed by atoms with Gasteiger partial charge in [-0.2, -0.15) is 5.10 Å². The van der Waals surface area contributed by atoms with Gasteiger partial charge in [0.05, 0.1) is 28.7 Å². The molecule has 1 amide bonds. The lowest BCUT2D eigenvalue weighted by molar-refractivity contribution is -0.384. The average Bonchev–Trinajstić information content (AvgIpc) is 2.90. The summed E-state index contributed by atoms with van der Waals surface area (Å²) in [6.07, 6.45) is 2.97. The van der Waals surface area contributed by atoms with Crippen molar-refractivity contribution in [1.29, 1.82) is 0 Å². The third-order valence-electron chi connectivity index (χ3n) is 4.08. The van der Waals surface area contributed by atoms with E-state index >= 15 is 0 Å². The quantitative estimate of drug-likeness (QED) is 0.570. The molecule has 1 N–H and O–H groups in total. The van der Waals surface area contributed by atoms with Crippen molar-refractivity contribution in [3.8, 4) is 5.95 Å². The summed E-state index contributed by atoms with van der Waals surface area (Å²) in [6, 6.07) is 5.34. The minimum Gasteiger partial charge on any atom is -0.319 e. The Bertz CT molecular complexity index is 977. The molecule has 26 heavy (non-hydrogen) atoms. The van der Waals surface area contributed by atoms with E-state index in [0.29, 0.717) is 17.2 Å². The molecule has 3 aromatic rings. The number of nitrogens with one attached hydrogen (secondary N) is 1. The second-order valence-corrected chi connectivity index (χ2v) is 5.74. The third-order valence-corrected chi connectivity index (χ3v) is 4.08. The molecule has 2 aromatic heterocycles. The van der Waals surface area contributed by atoms with Gasteiger partial charge in [-0.3, -0.25) is 14.9 Å². The summed E-state index contributed by atoms with van der Waals surface area (Å²) >= 11 is 0. The number of hydrogen-bond acceptors (Lipinski definition) is 6. The Morgan fingerprint density at radius 1 is 1.12 bits per heavy atom. The van der Waals surface area contributed by atoms with Crippen LogP contribution in [0.3, 0.4) is 0 Å². The summed E-state index contributed by atoms with van der Waals surface area (Å²) in [5.74, 6) is 0.00485. The SMILES string of the molecule is Cc1nn(-c2ncc(NC(=O)c3ccc([N+](=O)[O-])cc3)cn2)c(C)c1C. The van der Waals surface area contributed by atoms with Crippen LogP contribution in [0.25, 0.3) is 5.95 Å². The lowest BCUT2D eigenvalue weighted by Crippen LogP contribution is -2.13. The van der Waals surface area contributed by atoms with Crippen molar-refractivity contribution < 1.29 is 9.72 Å². The minimum absolute atomic E-state index is 0.0746. The Balaban J connectivity index is 1.75. The van der Waals surface area contributed by atoms with Crippen LogP contribution in [0.1, 0.15) is 27.3 Å². The van der Waals surface area contributed by atoms with Crippen LogP contribution < -0.4 is 5.32 Å². The molecule has 132 valence electrons. The number of amides is 1. The smallest absolute Gasteiger partial charge is 0.269 e. The van der Waals surface area contributed by atoms with Crippen molar-refractivity contribution in [3.05, 3.63) is 69.3 Å². The van der Waals surface area contributed by atoms with Gasteiger partial charge < -0.3 is 5.32 Å². The number of rotatable bonds is 4. The van der Waals surface area contributed by atoms with Gasteiger partial charge in [0.2, 0.25) is 0 Å².